The van der Waals surface area contributed by atoms with Crippen molar-refractivity contribution in [2.75, 3.05) is 30.3 Å². The SMILES string of the molecule is C[C@H](NC(=O)Cc1ccc(C(=O)c2ccccc2)cc1)C(=O)N[C@H]1C(=O)N(CC(=O)NCCCCCNC(=O)CCCC[C@@H]2SC[C@@H]3NC(=O)N[C@@H]32)c2ccccc2O[C@H]1c1ccccc1. The Morgan fingerprint density at radius 2 is 1.41 bits per heavy atom. The largest absolute Gasteiger partial charge is 0.481 e. The van der Waals surface area contributed by atoms with Crippen LogP contribution in [0.15, 0.2) is 109 Å². The molecule has 3 aliphatic rings. The molecule has 0 spiro atoms. The highest BCUT2D eigenvalue weighted by Gasteiger charge is 2.43. The van der Waals surface area contributed by atoms with E-state index in [1.54, 1.807) is 97.1 Å². The van der Waals surface area contributed by atoms with Crippen LogP contribution in [0, 0.1) is 0 Å². The highest BCUT2D eigenvalue weighted by Crippen LogP contribution is 2.38. The summed E-state index contributed by atoms with van der Waals surface area (Å²) in [5.74, 6) is -0.867. The van der Waals surface area contributed by atoms with Crippen LogP contribution in [0.4, 0.5) is 10.5 Å². The lowest BCUT2D eigenvalue weighted by Crippen LogP contribution is -2.56. The number of ether oxygens (including phenoxy) is 1. The lowest BCUT2D eigenvalue weighted by molar-refractivity contribution is -0.132. The lowest BCUT2D eigenvalue weighted by atomic mass is 10.0. The second-order valence-corrected chi connectivity index (χ2v) is 18.1. The Kier molecular flexibility index (Phi) is 16.5. The van der Waals surface area contributed by atoms with Gasteiger partial charge < -0.3 is 36.6 Å². The first-order valence-corrected chi connectivity index (χ1v) is 23.7. The van der Waals surface area contributed by atoms with Gasteiger partial charge in [0.15, 0.2) is 11.9 Å². The third-order valence-corrected chi connectivity index (χ3v) is 13.4. The highest BCUT2D eigenvalue weighted by molar-refractivity contribution is 8.00. The number of fused-ring (bicyclic) bond motifs is 2. The van der Waals surface area contributed by atoms with Gasteiger partial charge in [0.1, 0.15) is 24.4 Å². The van der Waals surface area contributed by atoms with E-state index in [2.05, 4.69) is 31.9 Å². The van der Waals surface area contributed by atoms with Crippen molar-refractivity contribution >= 4 is 58.8 Å². The topological polar surface area (TPSA) is 204 Å². The zero-order valence-corrected chi connectivity index (χ0v) is 37.8. The summed E-state index contributed by atoms with van der Waals surface area (Å²) < 4.78 is 6.49. The third kappa shape index (κ3) is 12.6. The summed E-state index contributed by atoms with van der Waals surface area (Å²) in [4.78, 5) is 93.2. The maximum Gasteiger partial charge on any atom is 0.315 e. The average molecular weight is 916 g/mol. The quantitative estimate of drug-likeness (QED) is 0.0388. The van der Waals surface area contributed by atoms with Gasteiger partial charge in [-0.25, -0.2) is 4.79 Å². The van der Waals surface area contributed by atoms with Crippen LogP contribution >= 0.6 is 11.8 Å². The highest BCUT2D eigenvalue weighted by atomic mass is 32.2. The third-order valence-electron chi connectivity index (χ3n) is 11.9. The fourth-order valence-electron chi connectivity index (χ4n) is 8.40. The second-order valence-electron chi connectivity index (χ2n) is 16.8. The number of anilines is 1. The summed E-state index contributed by atoms with van der Waals surface area (Å²) in [7, 11) is 0. The van der Waals surface area contributed by atoms with Crippen LogP contribution in [0.2, 0.25) is 0 Å². The molecule has 3 heterocycles. The summed E-state index contributed by atoms with van der Waals surface area (Å²) in [5, 5.41) is 17.8. The number of para-hydroxylation sites is 2. The van der Waals surface area contributed by atoms with Crippen molar-refractivity contribution < 1.29 is 38.3 Å². The van der Waals surface area contributed by atoms with E-state index in [4.69, 9.17) is 4.74 Å². The van der Waals surface area contributed by atoms with Gasteiger partial charge in [0, 0.05) is 41.6 Å². The normalized spacial score (nSPS) is 20.0. The van der Waals surface area contributed by atoms with Gasteiger partial charge in [0.25, 0.3) is 5.91 Å². The Morgan fingerprint density at radius 3 is 2.15 bits per heavy atom. The summed E-state index contributed by atoms with van der Waals surface area (Å²) in [6.45, 7) is 2.09. The number of carbonyl (C=O) groups is 7. The van der Waals surface area contributed by atoms with E-state index >= 15 is 0 Å². The minimum atomic E-state index is -1.28. The number of urea groups is 1. The van der Waals surface area contributed by atoms with Gasteiger partial charge in [-0.1, -0.05) is 103 Å². The van der Waals surface area contributed by atoms with Crippen LogP contribution in [0.3, 0.4) is 0 Å². The van der Waals surface area contributed by atoms with Gasteiger partial charge in [0.2, 0.25) is 23.6 Å². The molecule has 346 valence electrons. The van der Waals surface area contributed by atoms with E-state index < -0.39 is 41.8 Å². The maximum atomic E-state index is 14.6. The van der Waals surface area contributed by atoms with Gasteiger partial charge in [0.05, 0.1) is 24.2 Å². The molecular formula is C50H57N7O8S. The van der Waals surface area contributed by atoms with Crippen LogP contribution in [0.25, 0.3) is 0 Å². The van der Waals surface area contributed by atoms with Crippen molar-refractivity contribution in [3.8, 4) is 5.75 Å². The average Bonchev–Trinajstić information content (AvgIpc) is 3.86. The van der Waals surface area contributed by atoms with E-state index in [0.29, 0.717) is 64.9 Å². The van der Waals surface area contributed by atoms with Crippen LogP contribution in [0.1, 0.15) is 85.0 Å². The fourth-order valence-corrected chi connectivity index (χ4v) is 9.94. The smallest absolute Gasteiger partial charge is 0.315 e. The first kappa shape index (κ1) is 47.3. The molecular weight excluding hydrogens is 859 g/mol. The number of hydrogen-bond donors (Lipinski definition) is 6. The Bertz CT molecular complexity index is 2350. The number of nitrogens with one attached hydrogen (secondary N) is 6. The molecule has 2 saturated heterocycles. The number of hydrogen-bond acceptors (Lipinski definition) is 9. The molecule has 6 atom stereocenters. The van der Waals surface area contributed by atoms with Crippen LogP contribution in [0.5, 0.6) is 5.75 Å². The molecule has 6 N–H and O–H groups in total. The van der Waals surface area contributed by atoms with Gasteiger partial charge >= 0.3 is 6.03 Å². The van der Waals surface area contributed by atoms with E-state index in [0.717, 1.165) is 37.9 Å². The summed E-state index contributed by atoms with van der Waals surface area (Å²) in [6, 6.07) is 29.5. The molecule has 2 fully saturated rings. The molecule has 7 rings (SSSR count). The van der Waals surface area contributed by atoms with Crippen LogP contribution in [-0.2, 0) is 30.4 Å². The lowest BCUT2D eigenvalue weighted by Gasteiger charge is -2.29. The van der Waals surface area contributed by atoms with E-state index in [9.17, 15) is 33.6 Å². The van der Waals surface area contributed by atoms with Crippen molar-refractivity contribution in [1.82, 2.24) is 31.9 Å². The molecule has 66 heavy (non-hydrogen) atoms. The number of amides is 7. The molecule has 7 amide bonds. The molecule has 0 radical (unpaired) electrons. The predicted molar refractivity (Wildman–Crippen MR) is 252 cm³/mol. The molecule has 16 heteroatoms. The monoisotopic (exact) mass is 915 g/mol. The number of ketones is 1. The Hall–Kier alpha value is -6.68. The molecule has 0 bridgehead atoms. The maximum absolute atomic E-state index is 14.6. The number of thioether (sulfide) groups is 1. The zero-order valence-electron chi connectivity index (χ0n) is 37.0. The second kappa shape index (κ2) is 23.0. The Labute approximate surface area is 389 Å². The fraction of sp³-hybridized carbons (Fsp3) is 0.380. The van der Waals surface area contributed by atoms with Crippen molar-refractivity contribution in [3.63, 3.8) is 0 Å². The van der Waals surface area contributed by atoms with Crippen LogP contribution < -0.4 is 41.5 Å². The Morgan fingerprint density at radius 1 is 0.742 bits per heavy atom. The molecule has 4 aromatic carbocycles. The van der Waals surface area contributed by atoms with Gasteiger partial charge in [-0.15, -0.1) is 0 Å². The number of unbranched alkanes of at least 4 members (excludes halogenated alkanes) is 3. The summed E-state index contributed by atoms with van der Waals surface area (Å²) in [5.41, 5.74) is 2.68. The molecule has 0 unspecified atom stereocenters. The summed E-state index contributed by atoms with van der Waals surface area (Å²) >= 11 is 1.87. The minimum Gasteiger partial charge on any atom is -0.481 e. The van der Waals surface area contributed by atoms with Crippen LogP contribution in [-0.4, -0.2) is 96.2 Å². The Balaban J connectivity index is 0.880. The molecule has 0 aliphatic carbocycles. The zero-order chi connectivity index (χ0) is 46.4. The predicted octanol–water partition coefficient (Wildman–Crippen LogP) is 4.75. The summed E-state index contributed by atoms with van der Waals surface area (Å²) in [6.07, 6.45) is 4.30. The first-order valence-electron chi connectivity index (χ1n) is 22.7. The number of nitrogens with zero attached hydrogens (tertiary/aromatic N) is 1. The van der Waals surface area contributed by atoms with Gasteiger partial charge in [-0.2, -0.15) is 11.8 Å². The van der Waals surface area contributed by atoms with Crippen molar-refractivity contribution in [3.05, 3.63) is 131 Å². The molecule has 3 aliphatic heterocycles. The van der Waals surface area contributed by atoms with Gasteiger partial charge in [-0.3, -0.25) is 33.7 Å². The van der Waals surface area contributed by atoms with Crippen molar-refractivity contribution in [2.45, 2.75) is 93.8 Å². The molecule has 0 aromatic heterocycles. The van der Waals surface area contributed by atoms with E-state index in [1.165, 1.54) is 11.8 Å². The van der Waals surface area contributed by atoms with Gasteiger partial charge in [-0.05, 0) is 62.3 Å². The molecule has 15 nitrogen and oxygen atoms in total. The standard InChI is InChI=1S/C50H57N7O8S/c1-32(53-42(59)29-33-23-25-35(26-24-33)46(61)34-15-5-2-6-16-34)48(62)55-45-47(36-17-7-3-8-18-36)65-39-20-10-9-19-38(39)57(49(45)63)30-43(60)52-28-14-4-13-27-51-41(58)22-12-11-21-40-44-37(31-66-40)54-50(64)56-44/h2-3,5-10,15-20,23-26,32,37,40,44-45,47H,4,11-14,21-22,27-31H2,1H3,(H,51,58)(H,52,60)(H,53,59)(H,55,62)(H2,54,56,64)/t32-,37-,40-,44-,45+,47-/m0/s1. The first-order chi connectivity index (χ1) is 32.0. The van der Waals surface area contributed by atoms with Crippen molar-refractivity contribution in [2.24, 2.45) is 0 Å². The van der Waals surface area contributed by atoms with E-state index in [1.807, 2.05) is 23.9 Å². The van der Waals surface area contributed by atoms with E-state index in [-0.39, 0.29) is 42.8 Å². The minimum absolute atomic E-state index is 0.0164. The molecule has 4 aromatic rings. The van der Waals surface area contributed by atoms with Crippen molar-refractivity contribution in [1.29, 1.82) is 0 Å². The number of carbonyl (C=O) groups excluding carboxylic acids is 7. The number of rotatable bonds is 21. The number of benzene rings is 4. The molecule has 0 saturated carbocycles.